The van der Waals surface area contributed by atoms with Crippen molar-refractivity contribution in [3.8, 4) is 5.69 Å². The van der Waals surface area contributed by atoms with Crippen molar-refractivity contribution in [3.05, 3.63) is 71.3 Å². The third-order valence-corrected chi connectivity index (χ3v) is 5.56. The Kier molecular flexibility index (Phi) is 5.84. The molecule has 3 aromatic rings. The van der Waals surface area contributed by atoms with Gasteiger partial charge in [-0.1, -0.05) is 6.07 Å². The van der Waals surface area contributed by atoms with Crippen LogP contribution in [0.2, 0.25) is 0 Å². The van der Waals surface area contributed by atoms with Gasteiger partial charge in [0.05, 0.1) is 11.4 Å². The summed E-state index contributed by atoms with van der Waals surface area (Å²) in [6, 6.07) is 14.5. The first-order valence-corrected chi connectivity index (χ1v) is 10.6. The summed E-state index contributed by atoms with van der Waals surface area (Å²) >= 11 is 0. The topological polar surface area (TPSA) is 80.1 Å². The van der Waals surface area contributed by atoms with E-state index in [1.807, 2.05) is 67.9 Å². The predicted molar refractivity (Wildman–Crippen MR) is 119 cm³/mol. The van der Waals surface area contributed by atoms with Crippen molar-refractivity contribution in [2.75, 3.05) is 11.9 Å². The number of benzene rings is 1. The van der Waals surface area contributed by atoms with Crippen molar-refractivity contribution in [1.29, 1.82) is 0 Å². The van der Waals surface area contributed by atoms with Gasteiger partial charge in [0.25, 0.3) is 5.91 Å². The molecular formula is C24H27N5O2. The Morgan fingerprint density at radius 2 is 1.77 bits per heavy atom. The summed E-state index contributed by atoms with van der Waals surface area (Å²) in [4.78, 5) is 32.1. The third kappa shape index (κ3) is 4.50. The van der Waals surface area contributed by atoms with Crippen LogP contribution in [0.4, 0.5) is 5.69 Å². The highest BCUT2D eigenvalue weighted by Gasteiger charge is 2.33. The van der Waals surface area contributed by atoms with E-state index in [1.165, 1.54) is 0 Å². The lowest BCUT2D eigenvalue weighted by Crippen LogP contribution is -2.50. The molecule has 0 radical (unpaired) electrons. The van der Waals surface area contributed by atoms with E-state index in [4.69, 9.17) is 0 Å². The minimum atomic E-state index is -0.501. The minimum absolute atomic E-state index is 0.167. The summed E-state index contributed by atoms with van der Waals surface area (Å²) in [6.07, 6.45) is 2.45. The van der Waals surface area contributed by atoms with Crippen molar-refractivity contribution in [2.45, 2.75) is 46.1 Å². The largest absolute Gasteiger partial charge is 0.325 e. The zero-order valence-corrected chi connectivity index (χ0v) is 18.1. The Hall–Kier alpha value is -3.48. The van der Waals surface area contributed by atoms with Crippen molar-refractivity contribution in [3.63, 3.8) is 0 Å². The van der Waals surface area contributed by atoms with Crippen LogP contribution in [-0.4, -0.2) is 44.1 Å². The Morgan fingerprint density at radius 3 is 2.45 bits per heavy atom. The molecule has 0 bridgehead atoms. The van der Waals surface area contributed by atoms with Crippen LogP contribution in [-0.2, 0) is 4.79 Å². The number of rotatable bonds is 4. The SMILES string of the molecule is Cc1cccc(C(=O)N2CCCC[C@H]2C(=O)Nc2ccc(-n3nc(C)cc3C)cc2)n1. The molecule has 7 nitrogen and oxygen atoms in total. The van der Waals surface area contributed by atoms with Gasteiger partial charge in [0.1, 0.15) is 11.7 Å². The Balaban J connectivity index is 1.48. The first kappa shape index (κ1) is 20.8. The molecule has 4 rings (SSSR count). The molecule has 1 atom stereocenters. The molecule has 3 heterocycles. The van der Waals surface area contributed by atoms with E-state index < -0.39 is 6.04 Å². The number of hydrogen-bond donors (Lipinski definition) is 1. The van der Waals surface area contributed by atoms with Gasteiger partial charge in [0.15, 0.2) is 0 Å². The fraction of sp³-hybridized carbons (Fsp3) is 0.333. The number of piperidine rings is 1. The maximum atomic E-state index is 13.1. The highest BCUT2D eigenvalue weighted by atomic mass is 16.2. The number of carbonyl (C=O) groups excluding carboxylic acids is 2. The maximum absolute atomic E-state index is 13.1. The highest BCUT2D eigenvalue weighted by molar-refractivity contribution is 6.00. The number of likely N-dealkylation sites (tertiary alicyclic amines) is 1. The van der Waals surface area contributed by atoms with Crippen LogP contribution >= 0.6 is 0 Å². The van der Waals surface area contributed by atoms with Crippen molar-refractivity contribution in [2.24, 2.45) is 0 Å². The van der Waals surface area contributed by atoms with Crippen LogP contribution in [0.1, 0.15) is 46.8 Å². The smallest absolute Gasteiger partial charge is 0.273 e. The number of amides is 2. The maximum Gasteiger partial charge on any atom is 0.273 e. The van der Waals surface area contributed by atoms with Crippen LogP contribution in [0.15, 0.2) is 48.5 Å². The Bertz CT molecular complexity index is 1100. The van der Waals surface area contributed by atoms with Gasteiger partial charge in [-0.3, -0.25) is 9.59 Å². The number of pyridine rings is 1. The molecule has 0 aliphatic carbocycles. The van der Waals surface area contributed by atoms with Gasteiger partial charge in [0, 0.05) is 23.6 Å². The van der Waals surface area contributed by atoms with Crippen LogP contribution in [0.5, 0.6) is 0 Å². The molecule has 1 aliphatic rings. The van der Waals surface area contributed by atoms with E-state index in [1.54, 1.807) is 11.0 Å². The van der Waals surface area contributed by atoms with E-state index in [-0.39, 0.29) is 11.8 Å². The molecule has 0 unspecified atom stereocenters. The first-order chi connectivity index (χ1) is 14.9. The number of aromatic nitrogens is 3. The Morgan fingerprint density at radius 1 is 1.00 bits per heavy atom. The van der Waals surface area contributed by atoms with Crippen molar-refractivity contribution in [1.82, 2.24) is 19.7 Å². The molecule has 0 spiro atoms. The second kappa shape index (κ2) is 8.71. The normalized spacial score (nSPS) is 16.2. The van der Waals surface area contributed by atoms with E-state index >= 15 is 0 Å². The van der Waals surface area contributed by atoms with Crippen LogP contribution in [0.3, 0.4) is 0 Å². The number of hydrogen-bond acceptors (Lipinski definition) is 4. The summed E-state index contributed by atoms with van der Waals surface area (Å²) in [5, 5.41) is 7.46. The molecule has 2 amide bonds. The molecule has 160 valence electrons. The van der Waals surface area contributed by atoms with Gasteiger partial charge in [-0.05, 0) is 82.5 Å². The highest BCUT2D eigenvalue weighted by Crippen LogP contribution is 2.22. The zero-order valence-electron chi connectivity index (χ0n) is 18.1. The molecular weight excluding hydrogens is 390 g/mol. The summed E-state index contributed by atoms with van der Waals surface area (Å²) < 4.78 is 1.87. The molecule has 1 fully saturated rings. The van der Waals surface area contributed by atoms with Crippen molar-refractivity contribution < 1.29 is 9.59 Å². The Labute approximate surface area is 182 Å². The fourth-order valence-corrected chi connectivity index (χ4v) is 4.06. The average molecular weight is 418 g/mol. The van der Waals surface area contributed by atoms with Gasteiger partial charge in [-0.25, -0.2) is 9.67 Å². The lowest BCUT2D eigenvalue weighted by Gasteiger charge is -2.34. The van der Waals surface area contributed by atoms with Crippen LogP contribution in [0.25, 0.3) is 5.69 Å². The van der Waals surface area contributed by atoms with E-state index in [2.05, 4.69) is 15.4 Å². The van der Waals surface area contributed by atoms with E-state index in [9.17, 15) is 9.59 Å². The second-order valence-corrected chi connectivity index (χ2v) is 8.05. The quantitative estimate of drug-likeness (QED) is 0.700. The molecule has 7 heteroatoms. The lowest BCUT2D eigenvalue weighted by atomic mass is 10.0. The third-order valence-electron chi connectivity index (χ3n) is 5.56. The van der Waals surface area contributed by atoms with Crippen LogP contribution < -0.4 is 5.32 Å². The monoisotopic (exact) mass is 417 g/mol. The number of aryl methyl sites for hydroxylation is 3. The minimum Gasteiger partial charge on any atom is -0.325 e. The summed E-state index contributed by atoms with van der Waals surface area (Å²) in [6.45, 7) is 6.38. The first-order valence-electron chi connectivity index (χ1n) is 10.6. The molecule has 1 aliphatic heterocycles. The van der Waals surface area contributed by atoms with Gasteiger partial charge >= 0.3 is 0 Å². The van der Waals surface area contributed by atoms with Gasteiger partial charge < -0.3 is 10.2 Å². The molecule has 2 aromatic heterocycles. The summed E-state index contributed by atoms with van der Waals surface area (Å²) in [5.41, 5.74) is 4.81. The van der Waals surface area contributed by atoms with E-state index in [0.717, 1.165) is 35.6 Å². The van der Waals surface area contributed by atoms with Crippen molar-refractivity contribution >= 4 is 17.5 Å². The molecule has 1 aromatic carbocycles. The molecule has 0 saturated carbocycles. The lowest BCUT2D eigenvalue weighted by molar-refractivity contribution is -0.121. The summed E-state index contributed by atoms with van der Waals surface area (Å²) in [5.74, 6) is -0.358. The standard InChI is InChI=1S/C24H27N5O2/c1-16-7-6-8-21(25-16)24(31)28-14-5-4-9-22(28)23(30)26-19-10-12-20(13-11-19)29-18(3)15-17(2)27-29/h6-8,10-13,15,22H,4-5,9,14H2,1-3H3,(H,26,30)/t22-/m0/s1. The van der Waals surface area contributed by atoms with E-state index in [0.29, 0.717) is 24.3 Å². The molecule has 1 N–H and O–H groups in total. The molecule has 31 heavy (non-hydrogen) atoms. The number of nitrogens with zero attached hydrogens (tertiary/aromatic N) is 4. The van der Waals surface area contributed by atoms with Gasteiger partial charge in [-0.15, -0.1) is 0 Å². The van der Waals surface area contributed by atoms with Gasteiger partial charge in [-0.2, -0.15) is 5.10 Å². The molecule has 1 saturated heterocycles. The fourth-order valence-electron chi connectivity index (χ4n) is 4.06. The predicted octanol–water partition coefficient (Wildman–Crippen LogP) is 3.83. The number of carbonyl (C=O) groups is 2. The second-order valence-electron chi connectivity index (χ2n) is 8.05. The number of anilines is 1. The zero-order chi connectivity index (χ0) is 22.0. The van der Waals surface area contributed by atoms with Gasteiger partial charge in [0.2, 0.25) is 5.91 Å². The van der Waals surface area contributed by atoms with Crippen LogP contribution in [0, 0.1) is 20.8 Å². The average Bonchev–Trinajstić information content (AvgIpc) is 3.11. The number of nitrogens with one attached hydrogen (secondary N) is 1. The summed E-state index contributed by atoms with van der Waals surface area (Å²) in [7, 11) is 0.